The molecule has 4 nitrogen and oxygen atoms in total. The van der Waals surface area contributed by atoms with E-state index in [9.17, 15) is 9.59 Å². The highest BCUT2D eigenvalue weighted by Gasteiger charge is 2.07. The summed E-state index contributed by atoms with van der Waals surface area (Å²) < 4.78 is 5.83. The number of nitrogens with one attached hydrogen (secondary N) is 1. The number of anilines is 1. The van der Waals surface area contributed by atoms with E-state index in [4.69, 9.17) is 16.3 Å². The normalized spacial score (nSPS) is 10.7. The van der Waals surface area contributed by atoms with E-state index in [-0.39, 0.29) is 11.7 Å². The van der Waals surface area contributed by atoms with E-state index in [0.29, 0.717) is 28.6 Å². The summed E-state index contributed by atoms with van der Waals surface area (Å²) >= 11 is 5.85. The van der Waals surface area contributed by atoms with E-state index in [1.165, 1.54) is 13.0 Å². The van der Waals surface area contributed by atoms with Gasteiger partial charge in [0.1, 0.15) is 12.4 Å². The number of carbonyl (C=O) groups excluding carboxylic acids is 2. The third-order valence-electron chi connectivity index (χ3n) is 4.09. The van der Waals surface area contributed by atoms with Crippen LogP contribution in [0.3, 0.4) is 0 Å². The van der Waals surface area contributed by atoms with Gasteiger partial charge < -0.3 is 10.1 Å². The minimum Gasteiger partial charge on any atom is -0.489 e. The van der Waals surface area contributed by atoms with Crippen molar-refractivity contribution in [3.63, 3.8) is 0 Å². The van der Waals surface area contributed by atoms with Crippen molar-refractivity contribution in [1.29, 1.82) is 0 Å². The van der Waals surface area contributed by atoms with Crippen molar-refractivity contribution in [1.82, 2.24) is 0 Å². The van der Waals surface area contributed by atoms with Gasteiger partial charge in [0.15, 0.2) is 5.78 Å². The van der Waals surface area contributed by atoms with Gasteiger partial charge in [-0.15, -0.1) is 0 Å². The monoisotopic (exact) mass is 405 g/mol. The van der Waals surface area contributed by atoms with Crippen molar-refractivity contribution in [3.05, 3.63) is 101 Å². The SMILES string of the molecule is CC(=O)/C=C/c1ccc(COc2cccc(NC(=O)c3ccc(Cl)cc3)c2)cc1. The first-order chi connectivity index (χ1) is 14.0. The molecule has 0 heterocycles. The van der Waals surface area contributed by atoms with Gasteiger partial charge in [0.2, 0.25) is 0 Å². The molecule has 29 heavy (non-hydrogen) atoms. The van der Waals surface area contributed by atoms with Crippen LogP contribution in [0.25, 0.3) is 6.08 Å². The second-order valence-corrected chi connectivity index (χ2v) is 6.90. The summed E-state index contributed by atoms with van der Waals surface area (Å²) in [5, 5.41) is 3.43. The Morgan fingerprint density at radius 2 is 1.72 bits per heavy atom. The molecule has 1 amide bonds. The van der Waals surface area contributed by atoms with Gasteiger partial charge in [-0.05, 0) is 60.5 Å². The second kappa shape index (κ2) is 9.71. The van der Waals surface area contributed by atoms with Gasteiger partial charge >= 0.3 is 0 Å². The Hall–Kier alpha value is -3.37. The average Bonchev–Trinajstić information content (AvgIpc) is 2.72. The summed E-state index contributed by atoms with van der Waals surface area (Å²) in [6.07, 6.45) is 3.31. The largest absolute Gasteiger partial charge is 0.489 e. The van der Waals surface area contributed by atoms with Gasteiger partial charge in [-0.2, -0.15) is 0 Å². The first-order valence-electron chi connectivity index (χ1n) is 9.07. The number of allylic oxidation sites excluding steroid dienone is 1. The molecule has 0 aliphatic heterocycles. The molecule has 0 radical (unpaired) electrons. The van der Waals surface area contributed by atoms with E-state index in [2.05, 4.69) is 5.32 Å². The summed E-state index contributed by atoms with van der Waals surface area (Å²) in [6.45, 7) is 1.91. The van der Waals surface area contributed by atoms with Crippen LogP contribution in [-0.4, -0.2) is 11.7 Å². The summed E-state index contributed by atoms with van der Waals surface area (Å²) in [6, 6.07) is 21.7. The molecule has 5 heteroatoms. The molecular formula is C24H20ClNO3. The molecule has 0 bridgehead atoms. The number of halogens is 1. The van der Waals surface area contributed by atoms with Crippen LogP contribution in [0.4, 0.5) is 5.69 Å². The Morgan fingerprint density at radius 3 is 2.41 bits per heavy atom. The van der Waals surface area contributed by atoms with Crippen LogP contribution in [-0.2, 0) is 11.4 Å². The minimum absolute atomic E-state index is 0.0143. The summed E-state index contributed by atoms with van der Waals surface area (Å²) in [7, 11) is 0. The molecular weight excluding hydrogens is 386 g/mol. The molecule has 0 spiro atoms. The van der Waals surface area contributed by atoms with E-state index in [0.717, 1.165) is 11.1 Å². The molecule has 0 unspecified atom stereocenters. The first-order valence-corrected chi connectivity index (χ1v) is 9.45. The zero-order chi connectivity index (χ0) is 20.6. The van der Waals surface area contributed by atoms with Gasteiger partial charge in [0.05, 0.1) is 0 Å². The maximum absolute atomic E-state index is 12.3. The predicted octanol–water partition coefficient (Wildman–Crippen LogP) is 5.77. The number of ether oxygens (including phenoxy) is 1. The van der Waals surface area contributed by atoms with Crippen LogP contribution >= 0.6 is 11.6 Å². The molecule has 0 fully saturated rings. The Kier molecular flexibility index (Phi) is 6.82. The highest BCUT2D eigenvalue weighted by Crippen LogP contribution is 2.20. The minimum atomic E-state index is -0.215. The maximum atomic E-state index is 12.3. The standard InChI is InChI=1S/C24H20ClNO3/c1-17(27)5-6-18-7-9-19(10-8-18)16-29-23-4-2-3-22(15-23)26-24(28)20-11-13-21(25)14-12-20/h2-15H,16H2,1H3,(H,26,28)/b6-5+. The fourth-order valence-corrected chi connectivity index (χ4v) is 2.70. The van der Waals surface area contributed by atoms with Gasteiger partial charge in [-0.25, -0.2) is 0 Å². The summed E-state index contributed by atoms with van der Waals surface area (Å²) in [5.41, 5.74) is 3.13. The van der Waals surface area contributed by atoms with Gasteiger partial charge in [-0.1, -0.05) is 48.0 Å². The van der Waals surface area contributed by atoms with E-state index in [1.54, 1.807) is 42.5 Å². The van der Waals surface area contributed by atoms with Crippen molar-refractivity contribution in [2.45, 2.75) is 13.5 Å². The van der Waals surface area contributed by atoms with Gasteiger partial charge in [0, 0.05) is 22.3 Å². The van der Waals surface area contributed by atoms with Crippen molar-refractivity contribution in [2.24, 2.45) is 0 Å². The Morgan fingerprint density at radius 1 is 1.00 bits per heavy atom. The molecule has 0 saturated heterocycles. The van der Waals surface area contributed by atoms with Crippen molar-refractivity contribution >= 4 is 35.1 Å². The van der Waals surface area contributed by atoms with Crippen LogP contribution in [0, 0.1) is 0 Å². The highest BCUT2D eigenvalue weighted by atomic mass is 35.5. The number of hydrogen-bond donors (Lipinski definition) is 1. The Balaban J connectivity index is 1.59. The first kappa shape index (κ1) is 20.4. The predicted molar refractivity (Wildman–Crippen MR) is 116 cm³/mol. The number of hydrogen-bond acceptors (Lipinski definition) is 3. The zero-order valence-electron chi connectivity index (χ0n) is 15.9. The Bertz CT molecular complexity index is 1020. The number of carbonyl (C=O) groups is 2. The maximum Gasteiger partial charge on any atom is 0.255 e. The number of rotatable bonds is 7. The number of benzene rings is 3. The van der Waals surface area contributed by atoms with Crippen molar-refractivity contribution in [3.8, 4) is 5.75 Å². The Labute approximate surface area is 174 Å². The van der Waals surface area contributed by atoms with E-state index < -0.39 is 0 Å². The van der Waals surface area contributed by atoms with Crippen molar-refractivity contribution in [2.75, 3.05) is 5.32 Å². The molecule has 146 valence electrons. The second-order valence-electron chi connectivity index (χ2n) is 6.46. The lowest BCUT2D eigenvalue weighted by atomic mass is 10.1. The molecule has 0 aliphatic rings. The molecule has 3 aromatic rings. The molecule has 3 aromatic carbocycles. The fraction of sp³-hybridized carbons (Fsp3) is 0.0833. The zero-order valence-corrected chi connectivity index (χ0v) is 16.6. The fourth-order valence-electron chi connectivity index (χ4n) is 2.57. The molecule has 0 saturated carbocycles. The van der Waals surface area contributed by atoms with Crippen molar-refractivity contribution < 1.29 is 14.3 Å². The van der Waals surface area contributed by atoms with Crippen LogP contribution in [0.15, 0.2) is 78.9 Å². The van der Waals surface area contributed by atoms with E-state index in [1.807, 2.05) is 36.4 Å². The smallest absolute Gasteiger partial charge is 0.255 e. The lowest BCUT2D eigenvalue weighted by Gasteiger charge is -2.10. The van der Waals surface area contributed by atoms with Gasteiger partial charge in [-0.3, -0.25) is 9.59 Å². The third-order valence-corrected chi connectivity index (χ3v) is 4.35. The highest BCUT2D eigenvalue weighted by molar-refractivity contribution is 6.30. The summed E-state index contributed by atoms with van der Waals surface area (Å²) in [5.74, 6) is 0.452. The van der Waals surface area contributed by atoms with Crippen LogP contribution in [0.1, 0.15) is 28.4 Å². The third kappa shape index (κ3) is 6.33. The van der Waals surface area contributed by atoms with Crippen LogP contribution in [0.2, 0.25) is 5.02 Å². The van der Waals surface area contributed by atoms with Gasteiger partial charge in [0.25, 0.3) is 5.91 Å². The lowest BCUT2D eigenvalue weighted by molar-refractivity contribution is -0.112. The van der Waals surface area contributed by atoms with Crippen LogP contribution in [0.5, 0.6) is 5.75 Å². The summed E-state index contributed by atoms with van der Waals surface area (Å²) in [4.78, 5) is 23.3. The number of amides is 1. The molecule has 1 N–H and O–H groups in total. The van der Waals surface area contributed by atoms with Crippen LogP contribution < -0.4 is 10.1 Å². The topological polar surface area (TPSA) is 55.4 Å². The average molecular weight is 406 g/mol. The molecule has 0 aliphatic carbocycles. The lowest BCUT2D eigenvalue weighted by Crippen LogP contribution is -2.11. The van der Waals surface area contributed by atoms with E-state index >= 15 is 0 Å². The quantitative estimate of drug-likeness (QED) is 0.507. The molecule has 0 atom stereocenters. The molecule has 3 rings (SSSR count). The molecule has 0 aromatic heterocycles. The number of ketones is 1.